The second-order valence-electron chi connectivity index (χ2n) is 5.51. The van der Waals surface area contributed by atoms with Crippen molar-refractivity contribution in [1.82, 2.24) is 4.98 Å². The second-order valence-corrected chi connectivity index (χ2v) is 5.90. The molecule has 1 aliphatic rings. The Balaban J connectivity index is 2.74. The molecule has 0 aromatic carbocycles. The summed E-state index contributed by atoms with van der Waals surface area (Å²) >= 11 is 5.72. The maximum absolute atomic E-state index is 11.9. The highest BCUT2D eigenvalue weighted by molar-refractivity contribution is 6.29. The van der Waals surface area contributed by atoms with E-state index < -0.39 is 34.4 Å². The summed E-state index contributed by atoms with van der Waals surface area (Å²) in [5, 5.41) is 27.8. The Morgan fingerprint density at radius 1 is 1.32 bits per heavy atom. The molecular weight excluding hydrogens is 308 g/mol. The Labute approximate surface area is 132 Å². The molecular formula is C15H15ClN2O4. The monoisotopic (exact) mass is 322 g/mol. The van der Waals surface area contributed by atoms with Gasteiger partial charge >= 0.3 is 11.9 Å². The number of carboxylic acid groups (broad SMARTS) is 2. The number of nitrogens with one attached hydrogen (secondary N) is 1. The Bertz CT molecular complexity index is 685. The van der Waals surface area contributed by atoms with Crippen LogP contribution in [0.5, 0.6) is 0 Å². The van der Waals surface area contributed by atoms with E-state index in [2.05, 4.69) is 4.98 Å². The number of nitrogens with zero attached hydrogens (tertiary/aromatic N) is 1. The third kappa shape index (κ3) is 2.02. The third-order valence-corrected chi connectivity index (χ3v) is 4.65. The smallest absolute Gasteiger partial charge is 0.323 e. The zero-order chi connectivity index (χ0) is 16.7. The van der Waals surface area contributed by atoms with Crippen molar-refractivity contribution < 1.29 is 19.8 Å². The minimum atomic E-state index is -1.86. The maximum Gasteiger partial charge on any atom is 0.323 e. The van der Waals surface area contributed by atoms with Gasteiger partial charge in [-0.1, -0.05) is 36.7 Å². The van der Waals surface area contributed by atoms with Gasteiger partial charge in [-0.2, -0.15) is 0 Å². The van der Waals surface area contributed by atoms with Crippen LogP contribution in [0.15, 0.2) is 30.5 Å². The molecule has 0 aliphatic heterocycles. The number of carbonyl (C=O) groups is 2. The van der Waals surface area contributed by atoms with Crippen LogP contribution in [0.3, 0.4) is 0 Å². The summed E-state index contributed by atoms with van der Waals surface area (Å²) < 4.78 is 0. The number of aliphatic carboxylic acids is 2. The van der Waals surface area contributed by atoms with E-state index in [-0.39, 0.29) is 10.7 Å². The van der Waals surface area contributed by atoms with Crippen LogP contribution >= 0.6 is 11.6 Å². The minimum absolute atomic E-state index is 0.185. The topological polar surface area (TPSA) is 111 Å². The van der Waals surface area contributed by atoms with E-state index in [1.165, 1.54) is 37.4 Å². The summed E-state index contributed by atoms with van der Waals surface area (Å²) in [6, 6.07) is 2.86. The van der Waals surface area contributed by atoms with Gasteiger partial charge in [0.2, 0.25) is 0 Å². The lowest BCUT2D eigenvalue weighted by atomic mass is 9.58. The summed E-state index contributed by atoms with van der Waals surface area (Å²) in [5.74, 6) is -3.07. The van der Waals surface area contributed by atoms with Crippen molar-refractivity contribution in [3.63, 3.8) is 0 Å². The lowest BCUT2D eigenvalue weighted by Crippen LogP contribution is -2.56. The molecule has 1 aromatic rings. The van der Waals surface area contributed by atoms with Gasteiger partial charge in [0.25, 0.3) is 0 Å². The number of hydrogen-bond donors (Lipinski definition) is 3. The first kappa shape index (κ1) is 16.2. The highest BCUT2D eigenvalue weighted by Crippen LogP contribution is 2.44. The van der Waals surface area contributed by atoms with E-state index >= 15 is 0 Å². The Hall–Kier alpha value is -2.21. The quantitative estimate of drug-likeness (QED) is 0.584. The molecule has 1 aromatic heterocycles. The fourth-order valence-electron chi connectivity index (χ4n) is 2.65. The number of allylic oxidation sites excluding steroid dienone is 1. The average molecular weight is 323 g/mol. The molecule has 0 radical (unpaired) electrons. The standard InChI is InChI=1S/C15H15ClN2O4/c1-8-5-6-15(13(21)22,9-3-4-10(16)18-7-9)11(17)14(8,2)12(19)20/h3-8,17H,1-2H3,(H,19,20)(H,21,22). The van der Waals surface area contributed by atoms with E-state index in [9.17, 15) is 19.8 Å². The summed E-state index contributed by atoms with van der Waals surface area (Å²) in [4.78, 5) is 27.5. The Kier molecular flexibility index (Phi) is 3.83. The molecule has 0 spiro atoms. The van der Waals surface area contributed by atoms with Crippen LogP contribution in [-0.4, -0.2) is 32.8 Å². The fourth-order valence-corrected chi connectivity index (χ4v) is 2.77. The predicted octanol–water partition coefficient (Wildman–Crippen LogP) is 2.37. The summed E-state index contributed by atoms with van der Waals surface area (Å²) in [6.45, 7) is 3.01. The van der Waals surface area contributed by atoms with Crippen LogP contribution in [0, 0.1) is 16.7 Å². The number of hydrogen-bond acceptors (Lipinski definition) is 4. The highest BCUT2D eigenvalue weighted by atomic mass is 35.5. The molecule has 3 atom stereocenters. The number of aromatic nitrogens is 1. The molecule has 0 amide bonds. The molecule has 1 aliphatic carbocycles. The molecule has 1 heterocycles. The normalized spacial score (nSPS) is 31.0. The van der Waals surface area contributed by atoms with E-state index in [4.69, 9.17) is 17.0 Å². The molecule has 2 rings (SSSR count). The highest BCUT2D eigenvalue weighted by Gasteiger charge is 2.57. The molecule has 0 bridgehead atoms. The lowest BCUT2D eigenvalue weighted by molar-refractivity contribution is -0.146. The summed E-state index contributed by atoms with van der Waals surface area (Å²) in [5.41, 5.74) is -3.69. The van der Waals surface area contributed by atoms with E-state index in [0.29, 0.717) is 0 Å². The Morgan fingerprint density at radius 2 is 1.95 bits per heavy atom. The fraction of sp³-hybridized carbons (Fsp3) is 0.333. The van der Waals surface area contributed by atoms with Crippen molar-refractivity contribution in [2.75, 3.05) is 0 Å². The molecule has 116 valence electrons. The second kappa shape index (κ2) is 5.21. The lowest BCUT2D eigenvalue weighted by Gasteiger charge is -2.42. The van der Waals surface area contributed by atoms with E-state index in [0.717, 1.165) is 0 Å². The SMILES string of the molecule is CC1C=CC(C(=O)O)(c2ccc(Cl)nc2)C(=N)C1(C)C(=O)O. The van der Waals surface area contributed by atoms with E-state index in [1.54, 1.807) is 6.92 Å². The molecule has 0 saturated carbocycles. The van der Waals surface area contributed by atoms with Crippen molar-refractivity contribution in [1.29, 1.82) is 5.41 Å². The van der Waals surface area contributed by atoms with E-state index in [1.807, 2.05) is 0 Å². The summed E-state index contributed by atoms with van der Waals surface area (Å²) in [7, 11) is 0. The van der Waals surface area contributed by atoms with Gasteiger partial charge in [0.1, 0.15) is 10.6 Å². The molecule has 7 heteroatoms. The number of rotatable bonds is 3. The van der Waals surface area contributed by atoms with Crippen LogP contribution in [0.1, 0.15) is 19.4 Å². The molecule has 22 heavy (non-hydrogen) atoms. The van der Waals surface area contributed by atoms with Gasteiger partial charge < -0.3 is 15.6 Å². The van der Waals surface area contributed by atoms with Crippen molar-refractivity contribution in [3.8, 4) is 0 Å². The largest absolute Gasteiger partial charge is 0.481 e. The number of pyridine rings is 1. The van der Waals surface area contributed by atoms with Gasteiger partial charge in [-0.3, -0.25) is 9.59 Å². The molecule has 3 unspecified atom stereocenters. The predicted molar refractivity (Wildman–Crippen MR) is 80.3 cm³/mol. The van der Waals surface area contributed by atoms with Crippen molar-refractivity contribution in [3.05, 3.63) is 41.2 Å². The van der Waals surface area contributed by atoms with Crippen molar-refractivity contribution in [2.45, 2.75) is 19.3 Å². The van der Waals surface area contributed by atoms with Gasteiger partial charge in [0.15, 0.2) is 5.41 Å². The minimum Gasteiger partial charge on any atom is -0.481 e. The number of carboxylic acids is 2. The van der Waals surface area contributed by atoms with Crippen LogP contribution in [0.25, 0.3) is 0 Å². The van der Waals surface area contributed by atoms with Crippen molar-refractivity contribution >= 4 is 29.3 Å². The van der Waals surface area contributed by atoms with Gasteiger partial charge in [-0.25, -0.2) is 4.98 Å². The summed E-state index contributed by atoms with van der Waals surface area (Å²) in [6.07, 6.45) is 4.14. The van der Waals surface area contributed by atoms with Crippen LogP contribution in [0.2, 0.25) is 5.15 Å². The molecule has 0 fully saturated rings. The zero-order valence-corrected chi connectivity index (χ0v) is 12.8. The van der Waals surface area contributed by atoms with Crippen LogP contribution in [0.4, 0.5) is 0 Å². The zero-order valence-electron chi connectivity index (χ0n) is 12.0. The van der Waals surface area contributed by atoms with Gasteiger partial charge in [0, 0.05) is 6.20 Å². The van der Waals surface area contributed by atoms with Crippen molar-refractivity contribution in [2.24, 2.45) is 11.3 Å². The number of halogens is 1. The van der Waals surface area contributed by atoms with Crippen LogP contribution < -0.4 is 0 Å². The molecule has 6 nitrogen and oxygen atoms in total. The maximum atomic E-state index is 11.9. The first-order chi connectivity index (χ1) is 10.2. The van der Waals surface area contributed by atoms with Crippen LogP contribution in [-0.2, 0) is 15.0 Å². The van der Waals surface area contributed by atoms with Gasteiger partial charge in [-0.15, -0.1) is 0 Å². The first-order valence-electron chi connectivity index (χ1n) is 6.55. The molecule has 0 saturated heterocycles. The molecule has 3 N–H and O–H groups in total. The average Bonchev–Trinajstić information content (AvgIpc) is 2.46. The van der Waals surface area contributed by atoms with Gasteiger partial charge in [0.05, 0.1) is 5.71 Å². The first-order valence-corrected chi connectivity index (χ1v) is 6.92. The van der Waals surface area contributed by atoms with Gasteiger partial charge in [-0.05, 0) is 24.5 Å². The Morgan fingerprint density at radius 3 is 2.41 bits per heavy atom. The third-order valence-electron chi connectivity index (χ3n) is 4.42.